The van der Waals surface area contributed by atoms with Gasteiger partial charge in [-0.1, -0.05) is 47.5 Å². The van der Waals surface area contributed by atoms with Crippen LogP contribution in [0.1, 0.15) is 38.0 Å². The quantitative estimate of drug-likeness (QED) is 0.585. The number of nitrogens with zero attached hydrogens (tertiary/aromatic N) is 1. The summed E-state index contributed by atoms with van der Waals surface area (Å²) in [5.41, 5.74) is 4.26. The summed E-state index contributed by atoms with van der Waals surface area (Å²) >= 11 is 7.87. The summed E-state index contributed by atoms with van der Waals surface area (Å²) < 4.78 is 0. The first-order valence-electron chi connectivity index (χ1n) is 8.33. The number of aryl methyl sites for hydroxylation is 1. The largest absolute Gasteiger partial charge is 0.327 e. The summed E-state index contributed by atoms with van der Waals surface area (Å²) in [6, 6.07) is 17.8. The molecule has 4 heteroatoms. The molecule has 126 valence electrons. The lowest BCUT2D eigenvalue weighted by molar-refractivity contribution is 0.0696. The Balaban J connectivity index is 1.78. The van der Waals surface area contributed by atoms with Crippen LogP contribution in [0.4, 0.5) is 0 Å². The van der Waals surface area contributed by atoms with E-state index in [1.54, 1.807) is 23.5 Å². The number of halogens is 1. The summed E-state index contributed by atoms with van der Waals surface area (Å²) in [7, 11) is 0. The standard InChI is InChI=1S/C21H18ClNOS/c1-14-5-7-15(8-6-14)20-18-10-12-25-19(18)9-11-23(20)21(24)16-3-2-4-17(22)13-16/h2-8,10,12-13,20H,9,11H2,1H3. The number of carbonyl (C=O) groups excluding carboxylic acids is 1. The Bertz CT molecular complexity index is 916. The Morgan fingerprint density at radius 3 is 2.72 bits per heavy atom. The van der Waals surface area contributed by atoms with Gasteiger partial charge in [-0.2, -0.15) is 0 Å². The highest BCUT2D eigenvalue weighted by atomic mass is 35.5. The molecule has 0 radical (unpaired) electrons. The number of amides is 1. The highest BCUT2D eigenvalue weighted by Crippen LogP contribution is 2.38. The average Bonchev–Trinajstić information content (AvgIpc) is 3.10. The van der Waals surface area contributed by atoms with E-state index < -0.39 is 0 Å². The summed E-state index contributed by atoms with van der Waals surface area (Å²) in [6.07, 6.45) is 0.904. The Morgan fingerprint density at radius 2 is 1.96 bits per heavy atom. The highest BCUT2D eigenvalue weighted by molar-refractivity contribution is 7.10. The molecule has 0 saturated heterocycles. The van der Waals surface area contributed by atoms with E-state index in [0.29, 0.717) is 10.6 Å². The summed E-state index contributed by atoms with van der Waals surface area (Å²) in [6.45, 7) is 2.80. The fourth-order valence-electron chi connectivity index (χ4n) is 3.43. The zero-order valence-electron chi connectivity index (χ0n) is 13.9. The molecule has 0 fully saturated rings. The first-order chi connectivity index (χ1) is 12.1. The van der Waals surface area contributed by atoms with Crippen molar-refractivity contribution < 1.29 is 4.79 Å². The van der Waals surface area contributed by atoms with Crippen LogP contribution in [0.3, 0.4) is 0 Å². The third-order valence-corrected chi connectivity index (χ3v) is 5.92. The first kappa shape index (κ1) is 16.4. The number of hydrogen-bond acceptors (Lipinski definition) is 2. The molecule has 0 bridgehead atoms. The minimum atomic E-state index is -0.0397. The zero-order chi connectivity index (χ0) is 17.4. The number of benzene rings is 2. The third-order valence-electron chi connectivity index (χ3n) is 4.69. The van der Waals surface area contributed by atoms with Gasteiger partial charge in [-0.3, -0.25) is 4.79 Å². The van der Waals surface area contributed by atoms with Crippen molar-refractivity contribution in [3.05, 3.63) is 92.1 Å². The van der Waals surface area contributed by atoms with Crippen molar-refractivity contribution in [2.24, 2.45) is 0 Å². The van der Waals surface area contributed by atoms with Crippen molar-refractivity contribution in [1.82, 2.24) is 4.90 Å². The molecule has 2 aromatic carbocycles. The normalized spacial score (nSPS) is 16.6. The van der Waals surface area contributed by atoms with Crippen LogP contribution in [0.15, 0.2) is 60.0 Å². The predicted molar refractivity (Wildman–Crippen MR) is 104 cm³/mol. The SMILES string of the molecule is Cc1ccc(C2c3ccsc3CCN2C(=O)c2cccc(Cl)c2)cc1. The molecule has 2 heterocycles. The Morgan fingerprint density at radius 1 is 1.16 bits per heavy atom. The van der Waals surface area contributed by atoms with Gasteiger partial charge in [-0.15, -0.1) is 11.3 Å². The van der Waals surface area contributed by atoms with E-state index in [-0.39, 0.29) is 11.9 Å². The van der Waals surface area contributed by atoms with Gasteiger partial charge in [-0.25, -0.2) is 0 Å². The van der Waals surface area contributed by atoms with E-state index in [0.717, 1.165) is 18.5 Å². The number of fused-ring (bicyclic) bond motifs is 1. The number of thiophene rings is 1. The highest BCUT2D eigenvalue weighted by Gasteiger charge is 2.33. The molecular formula is C21H18ClNOS. The number of hydrogen-bond donors (Lipinski definition) is 0. The van der Waals surface area contributed by atoms with Gasteiger partial charge in [0.2, 0.25) is 0 Å². The third kappa shape index (κ3) is 3.10. The second-order valence-corrected chi connectivity index (χ2v) is 7.81. The Kier molecular flexibility index (Phi) is 4.36. The lowest BCUT2D eigenvalue weighted by atomic mass is 9.92. The topological polar surface area (TPSA) is 20.3 Å². The van der Waals surface area contributed by atoms with E-state index in [1.165, 1.54) is 16.0 Å². The van der Waals surface area contributed by atoms with Gasteiger partial charge in [0.25, 0.3) is 5.91 Å². The van der Waals surface area contributed by atoms with E-state index in [1.807, 2.05) is 17.0 Å². The molecule has 3 aromatic rings. The Labute approximate surface area is 156 Å². The lowest BCUT2D eigenvalue weighted by Gasteiger charge is -2.36. The summed E-state index contributed by atoms with van der Waals surface area (Å²) in [4.78, 5) is 16.6. The lowest BCUT2D eigenvalue weighted by Crippen LogP contribution is -2.40. The van der Waals surface area contributed by atoms with Crippen LogP contribution in [-0.2, 0) is 6.42 Å². The first-order valence-corrected chi connectivity index (χ1v) is 9.58. The van der Waals surface area contributed by atoms with Crippen molar-refractivity contribution in [1.29, 1.82) is 0 Å². The van der Waals surface area contributed by atoms with E-state index in [2.05, 4.69) is 42.6 Å². The monoisotopic (exact) mass is 367 g/mol. The smallest absolute Gasteiger partial charge is 0.254 e. The number of carbonyl (C=O) groups is 1. The molecule has 0 N–H and O–H groups in total. The molecule has 1 amide bonds. The van der Waals surface area contributed by atoms with Crippen molar-refractivity contribution in [3.8, 4) is 0 Å². The fraction of sp³-hybridized carbons (Fsp3) is 0.190. The average molecular weight is 368 g/mol. The molecule has 0 saturated carbocycles. The van der Waals surface area contributed by atoms with E-state index in [9.17, 15) is 4.79 Å². The minimum absolute atomic E-state index is 0.0323. The molecule has 1 aliphatic heterocycles. The molecule has 1 unspecified atom stereocenters. The fourth-order valence-corrected chi connectivity index (χ4v) is 4.52. The maximum Gasteiger partial charge on any atom is 0.254 e. The van der Waals surface area contributed by atoms with Crippen molar-refractivity contribution in [3.63, 3.8) is 0 Å². The second kappa shape index (κ2) is 6.66. The predicted octanol–water partition coefficient (Wildman–Crippen LogP) is 5.50. The van der Waals surface area contributed by atoms with Gasteiger partial charge in [0.05, 0.1) is 6.04 Å². The molecule has 0 aliphatic carbocycles. The van der Waals surface area contributed by atoms with Crippen molar-refractivity contribution in [2.45, 2.75) is 19.4 Å². The van der Waals surface area contributed by atoms with Gasteiger partial charge < -0.3 is 4.90 Å². The maximum atomic E-state index is 13.2. The molecule has 1 atom stereocenters. The second-order valence-electron chi connectivity index (χ2n) is 6.37. The van der Waals surface area contributed by atoms with Crippen LogP contribution in [0.5, 0.6) is 0 Å². The van der Waals surface area contributed by atoms with Gasteiger partial charge in [-0.05, 0) is 54.1 Å². The van der Waals surface area contributed by atoms with Crippen LogP contribution < -0.4 is 0 Å². The number of rotatable bonds is 2. The summed E-state index contributed by atoms with van der Waals surface area (Å²) in [5.74, 6) is 0.0323. The van der Waals surface area contributed by atoms with Crippen LogP contribution in [-0.4, -0.2) is 17.4 Å². The van der Waals surface area contributed by atoms with Gasteiger partial charge in [0.1, 0.15) is 0 Å². The molecular weight excluding hydrogens is 350 g/mol. The maximum absolute atomic E-state index is 13.2. The molecule has 1 aromatic heterocycles. The zero-order valence-corrected chi connectivity index (χ0v) is 15.5. The Hall–Kier alpha value is -2.10. The van der Waals surface area contributed by atoms with Gasteiger partial charge >= 0.3 is 0 Å². The molecule has 2 nitrogen and oxygen atoms in total. The van der Waals surface area contributed by atoms with Crippen LogP contribution in [0.2, 0.25) is 5.02 Å². The molecule has 25 heavy (non-hydrogen) atoms. The molecule has 1 aliphatic rings. The van der Waals surface area contributed by atoms with Gasteiger partial charge in [0, 0.05) is 22.0 Å². The summed E-state index contributed by atoms with van der Waals surface area (Å²) in [5, 5.41) is 2.71. The van der Waals surface area contributed by atoms with Gasteiger partial charge in [0.15, 0.2) is 0 Å². The molecule has 4 rings (SSSR count). The van der Waals surface area contributed by atoms with Crippen LogP contribution in [0.25, 0.3) is 0 Å². The minimum Gasteiger partial charge on any atom is -0.327 e. The van der Waals surface area contributed by atoms with Crippen molar-refractivity contribution >= 4 is 28.8 Å². The van der Waals surface area contributed by atoms with E-state index in [4.69, 9.17) is 11.6 Å². The molecule has 0 spiro atoms. The van der Waals surface area contributed by atoms with Crippen LogP contribution in [0, 0.1) is 6.92 Å². The van der Waals surface area contributed by atoms with Crippen LogP contribution >= 0.6 is 22.9 Å². The van der Waals surface area contributed by atoms with E-state index >= 15 is 0 Å². The van der Waals surface area contributed by atoms with Crippen molar-refractivity contribution in [2.75, 3.05) is 6.54 Å².